The van der Waals surface area contributed by atoms with Crippen molar-refractivity contribution in [3.8, 4) is 0 Å². The number of carbonyl (C=O) groups excluding carboxylic acids is 7. The van der Waals surface area contributed by atoms with Gasteiger partial charge in [0.05, 0.1) is 44.7 Å². The molecule has 28 nitrogen and oxygen atoms in total. The van der Waals surface area contributed by atoms with E-state index in [4.69, 9.17) is 33.2 Å². The number of methoxy groups -OCH3 is 1. The third-order valence-electron chi connectivity index (χ3n) is 16.7. The molecule has 0 aromatic carbocycles. The molecule has 0 aromatic rings. The van der Waals surface area contributed by atoms with Crippen LogP contribution in [0.4, 0.5) is 0 Å². The van der Waals surface area contributed by atoms with Crippen molar-refractivity contribution in [3.05, 3.63) is 0 Å². The first kappa shape index (κ1) is 89.1. The Morgan fingerprint density at radius 2 is 0.863 bits per heavy atom. The van der Waals surface area contributed by atoms with E-state index in [1.165, 1.54) is 14.0 Å². The Bertz CT molecular complexity index is 2100. The molecule has 0 aromatic heterocycles. The quantitative estimate of drug-likeness (QED) is 0.0387. The normalized spacial score (nSPS) is 26.4. The lowest BCUT2D eigenvalue weighted by molar-refractivity contribution is -0.282. The van der Waals surface area contributed by atoms with Crippen molar-refractivity contribution in [1.82, 2.24) is 26.6 Å². The topological polar surface area (TPSA) is 426 Å². The number of amides is 5. The highest BCUT2D eigenvalue weighted by atomic mass is 16.7. The first-order valence-electron chi connectivity index (χ1n) is 34.5. The molecule has 8 unspecified atom stereocenters. The van der Waals surface area contributed by atoms with Crippen LogP contribution in [0, 0.1) is 23.7 Å². The summed E-state index contributed by atoms with van der Waals surface area (Å²) in [6.45, 7) is 11.6. The van der Waals surface area contributed by atoms with Gasteiger partial charge >= 0.3 is 0 Å². The molecule has 0 aliphatic carbocycles. The van der Waals surface area contributed by atoms with Crippen LogP contribution in [0.25, 0.3) is 0 Å². The SMILES string of the molecule is C.CC(C)C.COCCC(=O)CCCCCNC(=O)C(CCCCNC(=O)CCCCCO[C@@H]1OC(CO)[C@H](O)[C@H](O)C1NC(C)=O)CC(=O)C(CCCCNC(=O)CCCCCO[C@@H]1OC(CO)[C@H](O)[C@H](O)C1C)NC(=O)CCCCCO[C@@H]1OC(CO)[C@H](O)[C@H](O)C1C. The summed E-state index contributed by atoms with van der Waals surface area (Å²) in [5.74, 6) is -2.70. The molecule has 3 rings (SSSR count). The van der Waals surface area contributed by atoms with Gasteiger partial charge in [0.2, 0.25) is 29.5 Å². The Hall–Kier alpha value is -3.95. The molecular weight excluding hydrogens is 1240 g/mol. The van der Waals surface area contributed by atoms with E-state index in [1.807, 2.05) is 0 Å². The molecule has 5 amide bonds. The zero-order chi connectivity index (χ0) is 70.0. The molecule has 95 heavy (non-hydrogen) atoms. The van der Waals surface area contributed by atoms with E-state index in [2.05, 4.69) is 47.4 Å². The summed E-state index contributed by atoms with van der Waals surface area (Å²) in [7, 11) is 1.54. The highest BCUT2D eigenvalue weighted by molar-refractivity contribution is 5.92. The van der Waals surface area contributed by atoms with Gasteiger partial charge in [0.1, 0.15) is 54.6 Å². The number of aliphatic hydroxyl groups is 9. The fraction of sp³-hybridized carbons (Fsp3) is 0.896. The molecule has 3 fully saturated rings. The molecule has 3 saturated heterocycles. The third kappa shape index (κ3) is 36.6. The van der Waals surface area contributed by atoms with Crippen LogP contribution in [0.5, 0.6) is 0 Å². The van der Waals surface area contributed by atoms with Gasteiger partial charge in [-0.2, -0.15) is 0 Å². The molecule has 3 aliphatic heterocycles. The molecule has 28 heteroatoms. The number of rotatable bonds is 49. The maximum absolute atomic E-state index is 14.3. The Balaban J connectivity index is 0.00000876. The second-order valence-corrected chi connectivity index (χ2v) is 25.9. The summed E-state index contributed by atoms with van der Waals surface area (Å²) in [5, 5.41) is 105. The summed E-state index contributed by atoms with van der Waals surface area (Å²) >= 11 is 0. The van der Waals surface area contributed by atoms with Crippen LogP contribution in [0.3, 0.4) is 0 Å². The summed E-state index contributed by atoms with van der Waals surface area (Å²) in [4.78, 5) is 91.2. The second kappa shape index (κ2) is 52.1. The van der Waals surface area contributed by atoms with E-state index in [9.17, 15) is 79.5 Å². The maximum atomic E-state index is 14.3. The van der Waals surface area contributed by atoms with Gasteiger partial charge in [0, 0.05) is 110 Å². The van der Waals surface area contributed by atoms with Crippen LogP contribution in [0.2, 0.25) is 0 Å². The van der Waals surface area contributed by atoms with E-state index in [0.29, 0.717) is 155 Å². The van der Waals surface area contributed by atoms with Gasteiger partial charge in [-0.05, 0) is 89.4 Å². The third-order valence-corrected chi connectivity index (χ3v) is 16.7. The standard InChI is InChI=1S/C62H111N5O23.C4H10.CH4/c1-39-53(77)55(79)46(36-68)88-60(39)85-31-18-6-10-24-50(75)64-29-17-14-23-44(67-51(76)26-12-8-19-32-86-61-40(2)54(78)56(80)47(37-69)89-61)45(73)35-42(59(83)65-30-15-5-9-22-43(72)27-34-84-4)21-13-16-28-63-49(74)25-11-7-20-33-87-62-52(66-41(3)71)58(82)57(81)48(38-70)90-62;1-4(2)3;/h39-40,42,44,46-48,52-58,60-62,68-70,77-82H,5-38H2,1-4H3,(H,63,74)(H,64,75)(H,65,83)(H,66,71)(H,67,76);4H,1-3H3;1H4/t39?,40?,42?,44?,46?,47?,48?,52?,53-,54-,55+,56+,57+,58-,60-,61-,62-;;/m1../s1. The summed E-state index contributed by atoms with van der Waals surface area (Å²) in [6, 6.07) is -1.99. The van der Waals surface area contributed by atoms with Gasteiger partial charge in [-0.1, -0.05) is 74.1 Å². The van der Waals surface area contributed by atoms with Crippen LogP contribution < -0.4 is 26.6 Å². The predicted molar refractivity (Wildman–Crippen MR) is 351 cm³/mol. The van der Waals surface area contributed by atoms with Crippen molar-refractivity contribution < 1.29 is 113 Å². The fourth-order valence-electron chi connectivity index (χ4n) is 11.0. The monoisotopic (exact) mass is 1370 g/mol. The minimum atomic E-state index is -1.43. The number of hydrogen-bond acceptors (Lipinski definition) is 23. The first-order valence-corrected chi connectivity index (χ1v) is 34.5. The number of ketones is 2. The number of hydrogen-bond donors (Lipinski definition) is 14. The Morgan fingerprint density at radius 3 is 1.33 bits per heavy atom. The van der Waals surface area contributed by atoms with Gasteiger partial charge in [0.15, 0.2) is 24.7 Å². The van der Waals surface area contributed by atoms with Crippen LogP contribution in [-0.4, -0.2) is 246 Å². The number of Topliss-reactive ketones (excluding diaryl/α,β-unsaturated/α-hetero) is 2. The van der Waals surface area contributed by atoms with E-state index in [1.54, 1.807) is 13.8 Å². The van der Waals surface area contributed by atoms with Crippen molar-refractivity contribution in [2.24, 2.45) is 23.7 Å². The number of unbranched alkanes of at least 4 members (excludes halogenated alkanes) is 10. The number of carbonyl (C=O) groups is 7. The van der Waals surface area contributed by atoms with Crippen molar-refractivity contribution in [3.63, 3.8) is 0 Å². The van der Waals surface area contributed by atoms with Crippen molar-refractivity contribution >= 4 is 41.1 Å². The zero-order valence-corrected chi connectivity index (χ0v) is 57.2. The number of aliphatic hydroxyl groups excluding tert-OH is 9. The van der Waals surface area contributed by atoms with Crippen LogP contribution >= 0.6 is 0 Å². The summed E-state index contributed by atoms with van der Waals surface area (Å²) in [6.07, 6.45) is -2.71. The lowest BCUT2D eigenvalue weighted by atomic mass is 9.91. The smallest absolute Gasteiger partial charge is 0.223 e. The van der Waals surface area contributed by atoms with Crippen LogP contribution in [0.15, 0.2) is 0 Å². The highest BCUT2D eigenvalue weighted by Gasteiger charge is 2.46. The molecule has 0 saturated carbocycles. The van der Waals surface area contributed by atoms with E-state index in [0.717, 1.165) is 5.92 Å². The number of ether oxygens (including phenoxy) is 7. The minimum absolute atomic E-state index is 0. The molecule has 14 N–H and O–H groups in total. The number of nitrogens with one attached hydrogen (secondary N) is 5. The van der Waals surface area contributed by atoms with Crippen molar-refractivity contribution in [2.75, 3.05) is 73.0 Å². The van der Waals surface area contributed by atoms with Gasteiger partial charge in [-0.25, -0.2) is 0 Å². The van der Waals surface area contributed by atoms with Gasteiger partial charge in [-0.15, -0.1) is 0 Å². The van der Waals surface area contributed by atoms with Crippen molar-refractivity contribution in [2.45, 2.75) is 289 Å². The molecule has 0 radical (unpaired) electrons. The Morgan fingerprint density at radius 1 is 0.463 bits per heavy atom. The van der Waals surface area contributed by atoms with Gasteiger partial charge in [0.25, 0.3) is 0 Å². The average molecular weight is 1370 g/mol. The molecule has 0 bridgehead atoms. The Kier molecular flexibility index (Phi) is 48.9. The van der Waals surface area contributed by atoms with Crippen LogP contribution in [0.1, 0.15) is 203 Å². The Labute approximate surface area is 564 Å². The largest absolute Gasteiger partial charge is 0.394 e. The summed E-state index contributed by atoms with van der Waals surface area (Å²) in [5.41, 5.74) is 0. The minimum Gasteiger partial charge on any atom is -0.394 e. The predicted octanol–water partition coefficient (Wildman–Crippen LogP) is 2.03. The lowest BCUT2D eigenvalue weighted by Gasteiger charge is -2.42. The molecule has 556 valence electrons. The maximum Gasteiger partial charge on any atom is 0.223 e. The van der Waals surface area contributed by atoms with Gasteiger partial charge in [-0.3, -0.25) is 33.6 Å². The first-order chi connectivity index (χ1) is 44.9. The van der Waals surface area contributed by atoms with Crippen LogP contribution in [-0.2, 0) is 66.7 Å². The molecule has 3 aliphatic rings. The highest BCUT2D eigenvalue weighted by Crippen LogP contribution is 2.29. The lowest BCUT2D eigenvalue weighted by Crippen LogP contribution is -2.64. The fourth-order valence-corrected chi connectivity index (χ4v) is 11.0. The molecule has 17 atom stereocenters. The van der Waals surface area contributed by atoms with E-state index < -0.39 is 129 Å². The molecule has 3 heterocycles. The molecule has 0 spiro atoms. The average Bonchev–Trinajstić information content (AvgIpc) is 1.37. The molecular formula is C67H125N5O23. The van der Waals surface area contributed by atoms with E-state index >= 15 is 0 Å². The summed E-state index contributed by atoms with van der Waals surface area (Å²) < 4.78 is 39.2. The van der Waals surface area contributed by atoms with E-state index in [-0.39, 0.29) is 87.9 Å². The van der Waals surface area contributed by atoms with Crippen molar-refractivity contribution in [1.29, 1.82) is 0 Å². The zero-order valence-electron chi connectivity index (χ0n) is 57.2. The van der Waals surface area contributed by atoms with Gasteiger partial charge < -0.3 is 106 Å². The second-order valence-electron chi connectivity index (χ2n) is 25.9.